The van der Waals surface area contributed by atoms with Gasteiger partial charge in [-0.3, -0.25) is 4.98 Å². The molecule has 2 aromatic rings. The Bertz CT molecular complexity index is 416. The molecule has 0 atom stereocenters. The summed E-state index contributed by atoms with van der Waals surface area (Å²) in [7, 11) is 0. The number of hydrogen-bond donors (Lipinski definition) is 2. The summed E-state index contributed by atoms with van der Waals surface area (Å²) in [6, 6.07) is 3.92. The lowest BCUT2D eigenvalue weighted by molar-refractivity contribution is 1.07. The maximum atomic E-state index is 5.33. The molecule has 0 fully saturated rings. The minimum atomic E-state index is 0.750. The van der Waals surface area contributed by atoms with Gasteiger partial charge in [-0.1, -0.05) is 4.49 Å². The lowest BCUT2D eigenvalue weighted by Gasteiger charge is -2.00. The van der Waals surface area contributed by atoms with E-state index in [4.69, 9.17) is 5.84 Å². The first-order valence-electron chi connectivity index (χ1n) is 4.21. The van der Waals surface area contributed by atoms with Gasteiger partial charge in [0.05, 0.1) is 0 Å². The Morgan fingerprint density at radius 3 is 2.93 bits per heavy atom. The molecule has 7 heteroatoms. The zero-order valence-corrected chi connectivity index (χ0v) is 9.38. The van der Waals surface area contributed by atoms with E-state index in [1.165, 1.54) is 11.5 Å². The molecule has 15 heavy (non-hydrogen) atoms. The first-order valence-corrected chi connectivity index (χ1v) is 5.96. The summed E-state index contributed by atoms with van der Waals surface area (Å²) in [6.45, 7) is 0. The number of hydrazine groups is 1. The molecule has 0 aliphatic heterocycles. The summed E-state index contributed by atoms with van der Waals surface area (Å²) in [4.78, 5) is 5.11. The van der Waals surface area contributed by atoms with Gasteiger partial charge in [0.25, 0.3) is 0 Å². The number of nitrogens with zero attached hydrogens (tertiary/aromatic N) is 3. The average Bonchev–Trinajstić information content (AvgIpc) is 2.75. The number of pyridine rings is 1. The molecular weight excluding hydrogens is 230 g/mol. The highest BCUT2D eigenvalue weighted by molar-refractivity contribution is 7.98. The second kappa shape index (κ2) is 5.06. The number of nitrogens with two attached hydrogens (primary N) is 1. The standard InChI is InChI=1S/C8H9N5S2/c9-11-8-7(12-13-15-8)5-14-6-1-3-10-4-2-6/h1-4,11H,5,9H2. The third-order valence-corrected chi connectivity index (χ3v) is 3.43. The van der Waals surface area contributed by atoms with E-state index in [2.05, 4.69) is 20.0 Å². The van der Waals surface area contributed by atoms with Crippen molar-refractivity contribution in [3.05, 3.63) is 30.2 Å². The summed E-state index contributed by atoms with van der Waals surface area (Å²) in [5.41, 5.74) is 3.46. The van der Waals surface area contributed by atoms with Crippen molar-refractivity contribution in [3.63, 3.8) is 0 Å². The Labute approximate surface area is 95.2 Å². The number of nitrogens with one attached hydrogen (secondary N) is 1. The quantitative estimate of drug-likeness (QED) is 0.478. The molecule has 78 valence electrons. The van der Waals surface area contributed by atoms with Crippen LogP contribution in [0, 0.1) is 0 Å². The van der Waals surface area contributed by atoms with Crippen molar-refractivity contribution >= 4 is 28.3 Å². The zero-order valence-electron chi connectivity index (χ0n) is 7.75. The van der Waals surface area contributed by atoms with E-state index in [9.17, 15) is 0 Å². The van der Waals surface area contributed by atoms with E-state index in [-0.39, 0.29) is 0 Å². The minimum absolute atomic E-state index is 0.750. The van der Waals surface area contributed by atoms with Crippen molar-refractivity contribution in [2.45, 2.75) is 10.6 Å². The summed E-state index contributed by atoms with van der Waals surface area (Å²) < 4.78 is 3.83. The highest BCUT2D eigenvalue weighted by Crippen LogP contribution is 2.25. The lowest BCUT2D eigenvalue weighted by atomic mass is 10.5. The van der Waals surface area contributed by atoms with Gasteiger partial charge in [-0.15, -0.1) is 16.9 Å². The normalized spacial score (nSPS) is 10.2. The van der Waals surface area contributed by atoms with Crippen LogP contribution in [0.15, 0.2) is 29.4 Å². The van der Waals surface area contributed by atoms with Crippen molar-refractivity contribution in [1.29, 1.82) is 0 Å². The van der Waals surface area contributed by atoms with Crippen molar-refractivity contribution < 1.29 is 0 Å². The third kappa shape index (κ3) is 2.65. The number of rotatable bonds is 4. The molecule has 3 N–H and O–H groups in total. The van der Waals surface area contributed by atoms with Crippen molar-refractivity contribution in [2.75, 3.05) is 5.43 Å². The molecule has 0 spiro atoms. The molecule has 2 aromatic heterocycles. The Kier molecular flexibility index (Phi) is 3.49. The zero-order chi connectivity index (χ0) is 10.5. The monoisotopic (exact) mass is 239 g/mol. The Hall–Kier alpha value is -1.18. The summed E-state index contributed by atoms with van der Waals surface area (Å²) in [5, 5.41) is 4.81. The molecule has 0 amide bonds. The summed E-state index contributed by atoms with van der Waals surface area (Å²) in [6.07, 6.45) is 3.54. The van der Waals surface area contributed by atoms with Crippen LogP contribution in [0.1, 0.15) is 5.69 Å². The Balaban J connectivity index is 1.99. The first-order chi connectivity index (χ1) is 7.40. The minimum Gasteiger partial charge on any atom is -0.313 e. The van der Waals surface area contributed by atoms with Gasteiger partial charge in [0.1, 0.15) is 10.7 Å². The summed E-state index contributed by atoms with van der Waals surface area (Å²) in [5.74, 6) is 6.08. The van der Waals surface area contributed by atoms with Gasteiger partial charge < -0.3 is 5.43 Å². The van der Waals surface area contributed by atoms with Crippen LogP contribution in [0.5, 0.6) is 0 Å². The van der Waals surface area contributed by atoms with Crippen molar-refractivity contribution in [3.8, 4) is 0 Å². The maximum Gasteiger partial charge on any atom is 0.148 e. The van der Waals surface area contributed by atoms with Crippen LogP contribution in [-0.4, -0.2) is 14.6 Å². The van der Waals surface area contributed by atoms with E-state index in [1.54, 1.807) is 24.2 Å². The molecule has 0 saturated carbocycles. The Morgan fingerprint density at radius 1 is 1.40 bits per heavy atom. The SMILES string of the molecule is NNc1snnc1CSc1ccncc1. The van der Waals surface area contributed by atoms with Crippen LogP contribution in [0.4, 0.5) is 5.00 Å². The van der Waals surface area contributed by atoms with Gasteiger partial charge in [0, 0.05) is 34.6 Å². The van der Waals surface area contributed by atoms with E-state index in [1.807, 2.05) is 12.1 Å². The van der Waals surface area contributed by atoms with Crippen molar-refractivity contribution in [2.24, 2.45) is 5.84 Å². The van der Waals surface area contributed by atoms with E-state index in [0.29, 0.717) is 0 Å². The molecular formula is C8H9N5S2. The van der Waals surface area contributed by atoms with Gasteiger partial charge in [-0.25, -0.2) is 5.84 Å². The average molecular weight is 239 g/mol. The van der Waals surface area contributed by atoms with E-state index in [0.717, 1.165) is 21.3 Å². The molecule has 0 saturated heterocycles. The van der Waals surface area contributed by atoms with E-state index >= 15 is 0 Å². The molecule has 2 rings (SSSR count). The second-order valence-electron chi connectivity index (χ2n) is 2.66. The van der Waals surface area contributed by atoms with Gasteiger partial charge in [-0.2, -0.15) is 0 Å². The molecule has 0 aliphatic carbocycles. The second-order valence-corrected chi connectivity index (χ2v) is 4.47. The molecule has 0 radical (unpaired) electrons. The predicted octanol–water partition coefficient (Wildman–Crippen LogP) is 1.51. The van der Waals surface area contributed by atoms with Crippen LogP contribution in [-0.2, 0) is 5.75 Å². The van der Waals surface area contributed by atoms with Crippen LogP contribution in [0.2, 0.25) is 0 Å². The largest absolute Gasteiger partial charge is 0.313 e. The fourth-order valence-electron chi connectivity index (χ4n) is 0.999. The summed E-state index contributed by atoms with van der Waals surface area (Å²) >= 11 is 2.94. The highest BCUT2D eigenvalue weighted by Gasteiger charge is 2.06. The lowest BCUT2D eigenvalue weighted by Crippen LogP contribution is -2.06. The number of anilines is 1. The topological polar surface area (TPSA) is 76.7 Å². The molecule has 0 aliphatic rings. The van der Waals surface area contributed by atoms with Crippen LogP contribution < -0.4 is 11.3 Å². The fourth-order valence-corrected chi connectivity index (χ4v) is 2.40. The number of hydrogen-bond acceptors (Lipinski definition) is 7. The smallest absolute Gasteiger partial charge is 0.148 e. The van der Waals surface area contributed by atoms with Crippen LogP contribution >= 0.6 is 23.3 Å². The van der Waals surface area contributed by atoms with Crippen LogP contribution in [0.25, 0.3) is 0 Å². The fraction of sp³-hybridized carbons (Fsp3) is 0.125. The highest BCUT2D eigenvalue weighted by atomic mass is 32.2. The predicted molar refractivity (Wildman–Crippen MR) is 61.5 cm³/mol. The van der Waals surface area contributed by atoms with Crippen LogP contribution in [0.3, 0.4) is 0 Å². The molecule has 0 bridgehead atoms. The molecule has 0 aromatic carbocycles. The van der Waals surface area contributed by atoms with Gasteiger partial charge >= 0.3 is 0 Å². The Morgan fingerprint density at radius 2 is 2.20 bits per heavy atom. The number of aromatic nitrogens is 3. The molecule has 5 nitrogen and oxygen atoms in total. The number of nitrogen functional groups attached to an aromatic ring is 1. The van der Waals surface area contributed by atoms with Crippen molar-refractivity contribution in [1.82, 2.24) is 14.6 Å². The number of thioether (sulfide) groups is 1. The van der Waals surface area contributed by atoms with Gasteiger partial charge in [0.2, 0.25) is 0 Å². The first kappa shape index (κ1) is 10.3. The van der Waals surface area contributed by atoms with E-state index < -0.39 is 0 Å². The maximum absolute atomic E-state index is 5.33. The van der Waals surface area contributed by atoms with Gasteiger partial charge in [-0.05, 0) is 12.1 Å². The molecule has 2 heterocycles. The van der Waals surface area contributed by atoms with Gasteiger partial charge in [0.15, 0.2) is 0 Å². The third-order valence-electron chi connectivity index (χ3n) is 1.71. The molecule has 0 unspecified atom stereocenters.